The lowest BCUT2D eigenvalue weighted by atomic mass is 9.72. The number of hydrogen-bond donors (Lipinski definition) is 1. The minimum absolute atomic E-state index is 0.199. The molecule has 1 aromatic carbocycles. The Labute approximate surface area is 117 Å². The summed E-state index contributed by atoms with van der Waals surface area (Å²) in [6, 6.07) is 4.35. The Kier molecular flexibility index (Phi) is 4.19. The van der Waals surface area contributed by atoms with Crippen molar-refractivity contribution in [2.45, 2.75) is 58.4 Å². The lowest BCUT2D eigenvalue weighted by molar-refractivity contribution is 0.226. The van der Waals surface area contributed by atoms with Crippen LogP contribution in [0, 0.1) is 19.8 Å². The molecule has 0 atom stereocenters. The number of rotatable bonds is 3. The van der Waals surface area contributed by atoms with Gasteiger partial charge in [0.05, 0.1) is 7.11 Å². The lowest BCUT2D eigenvalue weighted by Crippen LogP contribution is -2.40. The number of hydrogen-bond acceptors (Lipinski definition) is 2. The van der Waals surface area contributed by atoms with Gasteiger partial charge in [0.1, 0.15) is 5.75 Å². The largest absolute Gasteiger partial charge is 0.496 e. The van der Waals surface area contributed by atoms with Crippen LogP contribution in [0.25, 0.3) is 0 Å². The lowest BCUT2D eigenvalue weighted by Gasteiger charge is -2.38. The Hall–Kier alpha value is -1.02. The Balaban J connectivity index is 2.34. The molecule has 0 spiro atoms. The summed E-state index contributed by atoms with van der Waals surface area (Å²) in [6.07, 6.45) is 5.90. The fourth-order valence-corrected chi connectivity index (χ4v) is 3.32. The minimum Gasteiger partial charge on any atom is -0.496 e. The standard InChI is InChI=1S/C17H27NO/c1-5-14-8-10-17(18,11-9-14)15-7-6-12(2)13(3)16(15)19-4/h6-7,14H,5,8-11,18H2,1-4H3. The third-order valence-corrected chi connectivity index (χ3v) is 4.99. The molecule has 1 aliphatic rings. The van der Waals surface area contributed by atoms with E-state index in [1.165, 1.54) is 36.0 Å². The van der Waals surface area contributed by atoms with Gasteiger partial charge in [-0.05, 0) is 56.6 Å². The zero-order valence-corrected chi connectivity index (χ0v) is 12.8. The topological polar surface area (TPSA) is 35.2 Å². The molecule has 2 nitrogen and oxygen atoms in total. The van der Waals surface area contributed by atoms with Crippen LogP contribution in [0.3, 0.4) is 0 Å². The first-order valence-electron chi connectivity index (χ1n) is 7.45. The van der Waals surface area contributed by atoms with Crippen LogP contribution in [0.5, 0.6) is 5.75 Å². The monoisotopic (exact) mass is 261 g/mol. The predicted molar refractivity (Wildman–Crippen MR) is 80.6 cm³/mol. The van der Waals surface area contributed by atoms with Gasteiger partial charge >= 0.3 is 0 Å². The van der Waals surface area contributed by atoms with E-state index in [2.05, 4.69) is 32.9 Å². The van der Waals surface area contributed by atoms with Crippen LogP contribution >= 0.6 is 0 Å². The summed E-state index contributed by atoms with van der Waals surface area (Å²) in [6.45, 7) is 6.53. The zero-order chi connectivity index (χ0) is 14.0. The molecule has 106 valence electrons. The molecule has 2 heteroatoms. The summed E-state index contributed by atoms with van der Waals surface area (Å²) in [4.78, 5) is 0. The van der Waals surface area contributed by atoms with Crippen molar-refractivity contribution in [3.63, 3.8) is 0 Å². The number of nitrogens with two attached hydrogens (primary N) is 1. The molecule has 1 saturated carbocycles. The molecule has 0 saturated heterocycles. The van der Waals surface area contributed by atoms with Gasteiger partial charge in [-0.25, -0.2) is 0 Å². The maximum atomic E-state index is 6.71. The summed E-state index contributed by atoms with van der Waals surface area (Å²) in [5, 5.41) is 0. The SMILES string of the molecule is CCC1CCC(N)(c2ccc(C)c(C)c2OC)CC1. The summed E-state index contributed by atoms with van der Waals surface area (Å²) >= 11 is 0. The van der Waals surface area contributed by atoms with E-state index < -0.39 is 0 Å². The summed E-state index contributed by atoms with van der Waals surface area (Å²) in [5.74, 6) is 1.85. The van der Waals surface area contributed by atoms with Gasteiger partial charge in [-0.1, -0.05) is 25.5 Å². The van der Waals surface area contributed by atoms with Crippen LogP contribution in [0.1, 0.15) is 55.7 Å². The highest BCUT2D eigenvalue weighted by molar-refractivity contribution is 5.48. The average molecular weight is 261 g/mol. The number of ether oxygens (including phenoxy) is 1. The molecule has 0 radical (unpaired) electrons. The molecule has 1 fully saturated rings. The van der Waals surface area contributed by atoms with Crippen molar-refractivity contribution in [3.8, 4) is 5.75 Å². The van der Waals surface area contributed by atoms with E-state index in [9.17, 15) is 0 Å². The minimum atomic E-state index is -0.199. The van der Waals surface area contributed by atoms with Crippen LogP contribution in [0.4, 0.5) is 0 Å². The molecular formula is C17H27NO. The van der Waals surface area contributed by atoms with E-state index in [1.54, 1.807) is 7.11 Å². The van der Waals surface area contributed by atoms with Gasteiger partial charge in [-0.15, -0.1) is 0 Å². The van der Waals surface area contributed by atoms with Crippen molar-refractivity contribution in [3.05, 3.63) is 28.8 Å². The predicted octanol–water partition coefficient (Wildman–Crippen LogP) is 4.07. The maximum Gasteiger partial charge on any atom is 0.127 e. The molecule has 2 rings (SSSR count). The molecule has 0 heterocycles. The van der Waals surface area contributed by atoms with Crippen molar-refractivity contribution in [2.75, 3.05) is 7.11 Å². The molecule has 0 bridgehead atoms. The molecule has 2 N–H and O–H groups in total. The molecular weight excluding hydrogens is 234 g/mol. The fourth-order valence-electron chi connectivity index (χ4n) is 3.32. The van der Waals surface area contributed by atoms with Crippen molar-refractivity contribution < 1.29 is 4.74 Å². The van der Waals surface area contributed by atoms with Crippen molar-refractivity contribution in [1.29, 1.82) is 0 Å². The molecule has 1 aromatic rings. The molecule has 0 aliphatic heterocycles. The van der Waals surface area contributed by atoms with Gasteiger partial charge in [-0.2, -0.15) is 0 Å². The second kappa shape index (κ2) is 5.54. The summed E-state index contributed by atoms with van der Waals surface area (Å²) < 4.78 is 5.65. The quantitative estimate of drug-likeness (QED) is 0.890. The number of aryl methyl sites for hydroxylation is 1. The highest BCUT2D eigenvalue weighted by Gasteiger charge is 2.35. The van der Waals surface area contributed by atoms with Crippen LogP contribution < -0.4 is 10.5 Å². The van der Waals surface area contributed by atoms with E-state index in [0.29, 0.717) is 0 Å². The Morgan fingerprint density at radius 1 is 1.26 bits per heavy atom. The van der Waals surface area contributed by atoms with Crippen molar-refractivity contribution >= 4 is 0 Å². The highest BCUT2D eigenvalue weighted by Crippen LogP contribution is 2.43. The average Bonchev–Trinajstić information content (AvgIpc) is 2.42. The van der Waals surface area contributed by atoms with Gasteiger partial charge in [0, 0.05) is 11.1 Å². The van der Waals surface area contributed by atoms with E-state index in [4.69, 9.17) is 10.5 Å². The molecule has 0 aromatic heterocycles. The third kappa shape index (κ3) is 2.64. The molecule has 1 aliphatic carbocycles. The first kappa shape index (κ1) is 14.4. The Morgan fingerprint density at radius 3 is 2.42 bits per heavy atom. The first-order chi connectivity index (χ1) is 9.01. The summed E-state index contributed by atoms with van der Waals surface area (Å²) in [5.41, 5.74) is 10.2. The second-order valence-corrected chi connectivity index (χ2v) is 6.10. The molecule has 0 amide bonds. The van der Waals surface area contributed by atoms with Gasteiger partial charge in [0.15, 0.2) is 0 Å². The maximum absolute atomic E-state index is 6.71. The van der Waals surface area contributed by atoms with Gasteiger partial charge in [0.25, 0.3) is 0 Å². The number of methoxy groups -OCH3 is 1. The van der Waals surface area contributed by atoms with E-state index in [-0.39, 0.29) is 5.54 Å². The smallest absolute Gasteiger partial charge is 0.127 e. The third-order valence-electron chi connectivity index (χ3n) is 4.99. The van der Waals surface area contributed by atoms with Gasteiger partial charge in [-0.3, -0.25) is 0 Å². The Morgan fingerprint density at radius 2 is 1.89 bits per heavy atom. The number of benzene rings is 1. The van der Waals surface area contributed by atoms with Crippen LogP contribution in [0.15, 0.2) is 12.1 Å². The van der Waals surface area contributed by atoms with Gasteiger partial charge < -0.3 is 10.5 Å². The van der Waals surface area contributed by atoms with Crippen LogP contribution in [-0.2, 0) is 5.54 Å². The zero-order valence-electron chi connectivity index (χ0n) is 12.8. The second-order valence-electron chi connectivity index (χ2n) is 6.10. The summed E-state index contributed by atoms with van der Waals surface area (Å²) in [7, 11) is 1.76. The van der Waals surface area contributed by atoms with Gasteiger partial charge in [0.2, 0.25) is 0 Å². The van der Waals surface area contributed by atoms with Crippen LogP contribution in [-0.4, -0.2) is 7.11 Å². The van der Waals surface area contributed by atoms with Crippen LogP contribution in [0.2, 0.25) is 0 Å². The van der Waals surface area contributed by atoms with Crippen molar-refractivity contribution in [1.82, 2.24) is 0 Å². The highest BCUT2D eigenvalue weighted by atomic mass is 16.5. The Bertz CT molecular complexity index is 445. The van der Waals surface area contributed by atoms with E-state index in [0.717, 1.165) is 24.5 Å². The molecule has 19 heavy (non-hydrogen) atoms. The normalized spacial score (nSPS) is 27.3. The first-order valence-corrected chi connectivity index (χ1v) is 7.45. The fraction of sp³-hybridized carbons (Fsp3) is 0.647. The molecule has 0 unspecified atom stereocenters. The van der Waals surface area contributed by atoms with E-state index in [1.807, 2.05) is 0 Å². The van der Waals surface area contributed by atoms with Crippen molar-refractivity contribution in [2.24, 2.45) is 11.7 Å². The van der Waals surface area contributed by atoms with E-state index >= 15 is 0 Å².